The molecule has 1 aliphatic heterocycles. The van der Waals surface area contributed by atoms with Gasteiger partial charge in [0.15, 0.2) is 0 Å². The number of benzene rings is 1. The molecule has 0 radical (unpaired) electrons. The van der Waals surface area contributed by atoms with Crippen LogP contribution in [0.25, 0.3) is 0 Å². The summed E-state index contributed by atoms with van der Waals surface area (Å²) in [4.78, 5) is 11.1. The molecule has 2 rings (SSSR count). The molecule has 0 aliphatic carbocycles. The quantitative estimate of drug-likeness (QED) is 0.689. The molecule has 1 fully saturated rings. The van der Waals surface area contributed by atoms with Gasteiger partial charge in [-0.1, -0.05) is 12.1 Å². The number of hydrogen-bond acceptors (Lipinski definition) is 3. The maximum absolute atomic E-state index is 12.9. The van der Waals surface area contributed by atoms with Crippen molar-refractivity contribution in [1.29, 1.82) is 0 Å². The van der Waals surface area contributed by atoms with E-state index in [1.165, 1.54) is 12.1 Å². The Balaban J connectivity index is 2.21. The molecule has 0 aromatic heterocycles. The van der Waals surface area contributed by atoms with Crippen molar-refractivity contribution in [2.45, 2.75) is 25.1 Å². The number of piperidine rings is 1. The van der Waals surface area contributed by atoms with Gasteiger partial charge in [0.05, 0.1) is 0 Å². The number of ether oxygens (including phenoxy) is 1. The third-order valence-corrected chi connectivity index (χ3v) is 3.43. The van der Waals surface area contributed by atoms with Crippen LogP contribution in [0, 0.1) is 11.7 Å². The van der Waals surface area contributed by atoms with Crippen LogP contribution in [0.5, 0.6) is 0 Å². The van der Waals surface area contributed by atoms with Gasteiger partial charge in [0, 0.05) is 12.5 Å². The maximum Gasteiger partial charge on any atom is 0.490 e. The van der Waals surface area contributed by atoms with Gasteiger partial charge in [0.1, 0.15) is 11.9 Å². The molecule has 0 spiro atoms. The Labute approximate surface area is 119 Å². The number of hydrogen-bond donors (Lipinski definition) is 1. The number of carbonyl (C=O) groups excluding carboxylic acids is 1. The third kappa shape index (κ3) is 4.17. The molecule has 116 valence electrons. The summed E-state index contributed by atoms with van der Waals surface area (Å²) in [6.45, 7) is 1.23. The molecule has 1 aromatic carbocycles. The predicted molar refractivity (Wildman–Crippen MR) is 66.9 cm³/mol. The Morgan fingerprint density at radius 3 is 2.48 bits per heavy atom. The van der Waals surface area contributed by atoms with Crippen molar-refractivity contribution < 1.29 is 27.1 Å². The Morgan fingerprint density at radius 2 is 1.95 bits per heavy atom. The number of carbonyl (C=O) groups is 1. The Bertz CT molecular complexity index is 481. The molecule has 1 heterocycles. The van der Waals surface area contributed by atoms with Crippen LogP contribution in [0.4, 0.5) is 17.6 Å². The molecule has 1 aliphatic rings. The van der Waals surface area contributed by atoms with Crippen LogP contribution in [0.1, 0.15) is 24.5 Å². The molecular formula is C14H15F4NO2. The predicted octanol–water partition coefficient (Wildman–Crippen LogP) is 2.97. The van der Waals surface area contributed by atoms with E-state index in [9.17, 15) is 22.4 Å². The monoisotopic (exact) mass is 305 g/mol. The van der Waals surface area contributed by atoms with E-state index < -0.39 is 24.1 Å². The summed E-state index contributed by atoms with van der Waals surface area (Å²) in [6, 6.07) is 4.97. The SMILES string of the molecule is O=C(OC(c1ccc(F)cc1)C1CCCNC1)C(F)(F)F. The molecule has 1 aromatic rings. The van der Waals surface area contributed by atoms with Crippen molar-refractivity contribution in [3.05, 3.63) is 35.6 Å². The van der Waals surface area contributed by atoms with E-state index >= 15 is 0 Å². The summed E-state index contributed by atoms with van der Waals surface area (Å²) in [5.74, 6) is -2.99. The normalized spacial score (nSPS) is 20.9. The van der Waals surface area contributed by atoms with Crippen LogP contribution < -0.4 is 5.32 Å². The zero-order chi connectivity index (χ0) is 15.5. The zero-order valence-electron chi connectivity index (χ0n) is 11.1. The van der Waals surface area contributed by atoms with Gasteiger partial charge in [-0.3, -0.25) is 0 Å². The van der Waals surface area contributed by atoms with Crippen LogP contribution in [-0.2, 0) is 9.53 Å². The summed E-state index contributed by atoms with van der Waals surface area (Å²) < 4.78 is 54.8. The lowest BCUT2D eigenvalue weighted by Gasteiger charge is -2.31. The lowest BCUT2D eigenvalue weighted by atomic mass is 9.89. The Morgan fingerprint density at radius 1 is 1.29 bits per heavy atom. The average molecular weight is 305 g/mol. The smallest absolute Gasteiger partial charge is 0.450 e. The molecule has 1 saturated heterocycles. The van der Waals surface area contributed by atoms with Crippen molar-refractivity contribution in [3.8, 4) is 0 Å². The minimum atomic E-state index is -5.04. The molecule has 7 heteroatoms. The fraction of sp³-hybridized carbons (Fsp3) is 0.500. The summed E-state index contributed by atoms with van der Waals surface area (Å²) >= 11 is 0. The van der Waals surface area contributed by atoms with Gasteiger partial charge >= 0.3 is 12.1 Å². The number of halogens is 4. The van der Waals surface area contributed by atoms with E-state index in [0.29, 0.717) is 18.5 Å². The highest BCUT2D eigenvalue weighted by Crippen LogP contribution is 2.33. The molecule has 0 bridgehead atoms. The highest BCUT2D eigenvalue weighted by atomic mass is 19.4. The van der Waals surface area contributed by atoms with Gasteiger partial charge in [-0.05, 0) is 37.1 Å². The minimum Gasteiger partial charge on any atom is -0.450 e. The van der Waals surface area contributed by atoms with E-state index in [1.54, 1.807) is 0 Å². The average Bonchev–Trinajstić information content (AvgIpc) is 2.45. The van der Waals surface area contributed by atoms with Gasteiger partial charge in [-0.25, -0.2) is 9.18 Å². The molecule has 2 atom stereocenters. The Hall–Kier alpha value is -1.63. The lowest BCUT2D eigenvalue weighted by Crippen LogP contribution is -2.37. The third-order valence-electron chi connectivity index (χ3n) is 3.43. The first-order valence-electron chi connectivity index (χ1n) is 6.62. The molecule has 1 N–H and O–H groups in total. The summed E-state index contributed by atoms with van der Waals surface area (Å²) in [5.41, 5.74) is 0.364. The van der Waals surface area contributed by atoms with Crippen molar-refractivity contribution in [3.63, 3.8) is 0 Å². The number of nitrogens with one attached hydrogen (secondary N) is 1. The van der Waals surface area contributed by atoms with Gasteiger partial charge in [0.25, 0.3) is 0 Å². The van der Waals surface area contributed by atoms with Gasteiger partial charge in [-0.15, -0.1) is 0 Å². The number of alkyl halides is 3. The summed E-state index contributed by atoms with van der Waals surface area (Å²) in [5, 5.41) is 3.06. The zero-order valence-corrected chi connectivity index (χ0v) is 11.1. The second-order valence-corrected chi connectivity index (χ2v) is 4.98. The van der Waals surface area contributed by atoms with Gasteiger partial charge in [-0.2, -0.15) is 13.2 Å². The molecular weight excluding hydrogens is 290 g/mol. The minimum absolute atomic E-state index is 0.268. The van der Waals surface area contributed by atoms with Gasteiger partial charge in [0.2, 0.25) is 0 Å². The molecule has 21 heavy (non-hydrogen) atoms. The van der Waals surface area contributed by atoms with Crippen molar-refractivity contribution >= 4 is 5.97 Å². The van der Waals surface area contributed by atoms with E-state index in [2.05, 4.69) is 10.1 Å². The van der Waals surface area contributed by atoms with E-state index in [1.807, 2.05) is 0 Å². The van der Waals surface area contributed by atoms with E-state index in [0.717, 1.165) is 25.1 Å². The first-order chi connectivity index (χ1) is 9.88. The van der Waals surface area contributed by atoms with Crippen LogP contribution in [0.15, 0.2) is 24.3 Å². The van der Waals surface area contributed by atoms with Crippen LogP contribution in [0.2, 0.25) is 0 Å². The standard InChI is InChI=1S/C14H15F4NO2/c15-11-5-3-9(4-6-11)12(10-2-1-7-19-8-10)21-13(20)14(16,17)18/h3-6,10,12,19H,1-2,7-8H2. The lowest BCUT2D eigenvalue weighted by molar-refractivity contribution is -0.208. The summed E-state index contributed by atoms with van der Waals surface area (Å²) in [7, 11) is 0. The highest BCUT2D eigenvalue weighted by molar-refractivity contribution is 5.75. The Kier molecular flexibility index (Phi) is 4.82. The molecule has 3 nitrogen and oxygen atoms in total. The highest BCUT2D eigenvalue weighted by Gasteiger charge is 2.43. The fourth-order valence-electron chi connectivity index (χ4n) is 2.41. The second kappa shape index (κ2) is 6.43. The van der Waals surface area contributed by atoms with Crippen LogP contribution >= 0.6 is 0 Å². The van der Waals surface area contributed by atoms with E-state index in [4.69, 9.17) is 0 Å². The van der Waals surface area contributed by atoms with Crippen LogP contribution in [0.3, 0.4) is 0 Å². The topological polar surface area (TPSA) is 38.3 Å². The first-order valence-corrected chi connectivity index (χ1v) is 6.62. The largest absolute Gasteiger partial charge is 0.490 e. The van der Waals surface area contributed by atoms with Crippen LogP contribution in [-0.4, -0.2) is 25.2 Å². The van der Waals surface area contributed by atoms with E-state index in [-0.39, 0.29) is 5.92 Å². The van der Waals surface area contributed by atoms with Crippen molar-refractivity contribution in [1.82, 2.24) is 5.32 Å². The molecule has 2 unspecified atom stereocenters. The molecule has 0 saturated carbocycles. The van der Waals surface area contributed by atoms with Crippen molar-refractivity contribution in [2.24, 2.45) is 5.92 Å². The first kappa shape index (κ1) is 15.8. The van der Waals surface area contributed by atoms with Gasteiger partial charge < -0.3 is 10.1 Å². The maximum atomic E-state index is 12.9. The number of esters is 1. The number of rotatable bonds is 3. The summed E-state index contributed by atoms with van der Waals surface area (Å²) in [6.07, 6.45) is -4.65. The molecule has 0 amide bonds. The second-order valence-electron chi connectivity index (χ2n) is 4.98. The fourth-order valence-corrected chi connectivity index (χ4v) is 2.41. The van der Waals surface area contributed by atoms with Crippen molar-refractivity contribution in [2.75, 3.05) is 13.1 Å².